The molecule has 0 amide bonds. The van der Waals surface area contributed by atoms with E-state index in [2.05, 4.69) is 0 Å². The van der Waals surface area contributed by atoms with Crippen LogP contribution in [-0.2, 0) is 17.0 Å². The van der Waals surface area contributed by atoms with Gasteiger partial charge in [0.25, 0.3) is 0 Å². The molecule has 2 aromatic rings. The lowest BCUT2D eigenvalue weighted by Gasteiger charge is -2.10. The fourth-order valence-corrected chi connectivity index (χ4v) is 2.98. The number of alkyl halides is 3. The summed E-state index contributed by atoms with van der Waals surface area (Å²) in [4.78, 5) is 0.0590. The van der Waals surface area contributed by atoms with Crippen molar-refractivity contribution in [2.75, 3.05) is 5.73 Å². The van der Waals surface area contributed by atoms with Crippen LogP contribution in [-0.4, -0.2) is 4.21 Å². The Morgan fingerprint density at radius 2 is 1.81 bits per heavy atom. The molecular weight excluding hydrogens is 301 g/mol. The number of hydrogen-bond acceptors (Lipinski definition) is 3. The van der Waals surface area contributed by atoms with Crippen LogP contribution in [0.1, 0.15) is 11.1 Å². The molecule has 0 spiro atoms. The minimum Gasteiger partial charge on any atom is -0.398 e. The van der Waals surface area contributed by atoms with Crippen molar-refractivity contribution in [3.63, 3.8) is 0 Å². The number of nitriles is 1. The zero-order chi connectivity index (χ0) is 15.6. The van der Waals surface area contributed by atoms with Gasteiger partial charge in [0.05, 0.1) is 32.5 Å². The summed E-state index contributed by atoms with van der Waals surface area (Å²) in [5.41, 5.74) is 4.86. The van der Waals surface area contributed by atoms with Crippen LogP contribution >= 0.6 is 0 Å². The summed E-state index contributed by atoms with van der Waals surface area (Å²) in [6.07, 6.45) is -4.52. The molecule has 0 aliphatic carbocycles. The molecule has 7 heteroatoms. The lowest BCUT2D eigenvalue weighted by molar-refractivity contribution is -0.137. The van der Waals surface area contributed by atoms with Crippen molar-refractivity contribution in [1.29, 1.82) is 5.26 Å². The van der Waals surface area contributed by atoms with Crippen LogP contribution in [0.2, 0.25) is 0 Å². The molecule has 2 aromatic carbocycles. The van der Waals surface area contributed by atoms with E-state index in [0.29, 0.717) is 0 Å². The Kier molecular flexibility index (Phi) is 4.00. The predicted molar refractivity (Wildman–Crippen MR) is 71.7 cm³/mol. The Balaban J connectivity index is 2.52. The smallest absolute Gasteiger partial charge is 0.398 e. The van der Waals surface area contributed by atoms with Crippen molar-refractivity contribution in [1.82, 2.24) is 0 Å². The summed E-state index contributed by atoms with van der Waals surface area (Å²) in [7, 11) is -1.92. The zero-order valence-corrected chi connectivity index (χ0v) is 11.3. The maximum atomic E-state index is 12.7. The van der Waals surface area contributed by atoms with E-state index in [1.807, 2.05) is 6.07 Å². The first-order valence-electron chi connectivity index (χ1n) is 5.72. The molecule has 1 atom stereocenters. The van der Waals surface area contributed by atoms with Crippen LogP contribution in [0, 0.1) is 11.3 Å². The molecule has 0 aliphatic heterocycles. The molecule has 0 saturated heterocycles. The van der Waals surface area contributed by atoms with Gasteiger partial charge >= 0.3 is 6.18 Å². The third-order valence-corrected chi connectivity index (χ3v) is 4.17. The highest BCUT2D eigenvalue weighted by molar-refractivity contribution is 7.85. The van der Waals surface area contributed by atoms with Crippen LogP contribution in [0.3, 0.4) is 0 Å². The second-order valence-electron chi connectivity index (χ2n) is 4.13. The third kappa shape index (κ3) is 3.06. The van der Waals surface area contributed by atoms with Gasteiger partial charge in [0.15, 0.2) is 0 Å². The van der Waals surface area contributed by atoms with Gasteiger partial charge in [-0.2, -0.15) is 18.4 Å². The number of nitrogens with two attached hydrogens (primary N) is 1. The van der Waals surface area contributed by atoms with E-state index in [1.54, 1.807) is 0 Å². The standard InChI is InChI=1S/C14H9F3N2OS/c15-14(16,17)9-3-1-4-10(7-9)21(20)13-6-2-5-12(19)11(13)8-18/h1-7H,19H2/t21-/m0/s1. The van der Waals surface area contributed by atoms with E-state index >= 15 is 0 Å². The van der Waals surface area contributed by atoms with Crippen molar-refractivity contribution in [2.45, 2.75) is 16.0 Å². The summed E-state index contributed by atoms with van der Waals surface area (Å²) in [5.74, 6) is 0. The average Bonchev–Trinajstić information content (AvgIpc) is 2.45. The Bertz CT molecular complexity index is 751. The lowest BCUT2D eigenvalue weighted by Crippen LogP contribution is -2.06. The first kappa shape index (κ1) is 15.1. The van der Waals surface area contributed by atoms with E-state index in [-0.39, 0.29) is 21.0 Å². The first-order valence-corrected chi connectivity index (χ1v) is 6.87. The fraction of sp³-hybridized carbons (Fsp3) is 0.0714. The Morgan fingerprint density at radius 3 is 2.43 bits per heavy atom. The fourth-order valence-electron chi connectivity index (χ4n) is 1.74. The minimum absolute atomic E-state index is 0.00763. The van der Waals surface area contributed by atoms with Crippen molar-refractivity contribution >= 4 is 16.5 Å². The van der Waals surface area contributed by atoms with Crippen molar-refractivity contribution in [3.8, 4) is 6.07 Å². The molecule has 108 valence electrons. The summed E-state index contributed by atoms with van der Waals surface area (Å²) < 4.78 is 50.4. The number of nitrogen functional groups attached to an aromatic ring is 1. The van der Waals surface area contributed by atoms with Gasteiger partial charge in [-0.3, -0.25) is 0 Å². The van der Waals surface area contributed by atoms with Gasteiger partial charge in [-0.25, -0.2) is 4.21 Å². The average molecular weight is 310 g/mol. The van der Waals surface area contributed by atoms with Crippen molar-refractivity contribution < 1.29 is 17.4 Å². The van der Waals surface area contributed by atoms with E-state index in [4.69, 9.17) is 11.0 Å². The van der Waals surface area contributed by atoms with Gasteiger partial charge < -0.3 is 5.73 Å². The Labute approximate surface area is 121 Å². The highest BCUT2D eigenvalue weighted by Crippen LogP contribution is 2.31. The van der Waals surface area contributed by atoms with Crippen LogP contribution < -0.4 is 5.73 Å². The predicted octanol–water partition coefficient (Wildman–Crippen LogP) is 3.33. The van der Waals surface area contributed by atoms with E-state index in [0.717, 1.165) is 12.1 Å². The molecule has 0 aromatic heterocycles. The van der Waals surface area contributed by atoms with Gasteiger partial charge in [-0.1, -0.05) is 12.1 Å². The molecule has 0 aliphatic rings. The van der Waals surface area contributed by atoms with Gasteiger partial charge in [-0.05, 0) is 30.3 Å². The molecule has 2 rings (SSSR count). The number of halogens is 3. The van der Waals surface area contributed by atoms with E-state index in [1.165, 1.54) is 30.3 Å². The minimum atomic E-state index is -4.52. The number of nitrogens with zero attached hydrogens (tertiary/aromatic N) is 1. The van der Waals surface area contributed by atoms with Crippen LogP contribution in [0.5, 0.6) is 0 Å². The van der Waals surface area contributed by atoms with Crippen molar-refractivity contribution in [2.24, 2.45) is 0 Å². The first-order chi connectivity index (χ1) is 9.84. The molecular formula is C14H9F3N2OS. The van der Waals surface area contributed by atoms with Crippen LogP contribution in [0.4, 0.5) is 18.9 Å². The van der Waals surface area contributed by atoms with Crippen molar-refractivity contribution in [3.05, 3.63) is 53.6 Å². The second-order valence-corrected chi connectivity index (χ2v) is 5.58. The molecule has 0 unspecified atom stereocenters. The van der Waals surface area contributed by atoms with Gasteiger partial charge in [0.2, 0.25) is 0 Å². The monoisotopic (exact) mass is 310 g/mol. The Morgan fingerprint density at radius 1 is 1.14 bits per heavy atom. The maximum Gasteiger partial charge on any atom is 0.416 e. The normalized spacial score (nSPS) is 12.7. The topological polar surface area (TPSA) is 66.9 Å². The number of rotatable bonds is 2. The molecule has 3 nitrogen and oxygen atoms in total. The number of benzene rings is 2. The molecule has 0 heterocycles. The molecule has 0 fully saturated rings. The molecule has 0 bridgehead atoms. The van der Waals surface area contributed by atoms with Gasteiger partial charge in [-0.15, -0.1) is 0 Å². The Hall–Kier alpha value is -2.33. The van der Waals surface area contributed by atoms with Crippen LogP contribution in [0.15, 0.2) is 52.3 Å². The third-order valence-electron chi connectivity index (χ3n) is 2.75. The molecule has 0 radical (unpaired) electrons. The lowest BCUT2D eigenvalue weighted by atomic mass is 10.2. The summed E-state index contributed by atoms with van der Waals surface area (Å²) in [6.45, 7) is 0. The molecule has 0 saturated carbocycles. The summed E-state index contributed by atoms with van der Waals surface area (Å²) in [6, 6.07) is 10.4. The molecule has 21 heavy (non-hydrogen) atoms. The zero-order valence-electron chi connectivity index (χ0n) is 10.5. The number of anilines is 1. The summed E-state index contributed by atoms with van der Waals surface area (Å²) in [5, 5.41) is 9.03. The van der Waals surface area contributed by atoms with Gasteiger partial charge in [0, 0.05) is 4.90 Å². The largest absolute Gasteiger partial charge is 0.416 e. The van der Waals surface area contributed by atoms with E-state index in [9.17, 15) is 17.4 Å². The van der Waals surface area contributed by atoms with E-state index < -0.39 is 22.5 Å². The van der Waals surface area contributed by atoms with Crippen LogP contribution in [0.25, 0.3) is 0 Å². The number of hydrogen-bond donors (Lipinski definition) is 1. The molecule has 2 N–H and O–H groups in total. The highest BCUT2D eigenvalue weighted by Gasteiger charge is 2.31. The maximum absolute atomic E-state index is 12.7. The highest BCUT2D eigenvalue weighted by atomic mass is 32.2. The second kappa shape index (κ2) is 5.58. The van der Waals surface area contributed by atoms with Gasteiger partial charge in [0.1, 0.15) is 6.07 Å². The summed E-state index contributed by atoms with van der Waals surface area (Å²) >= 11 is 0. The quantitative estimate of drug-likeness (QED) is 0.865. The SMILES string of the molecule is N#Cc1c(N)cccc1[S@@](=O)c1cccc(C(F)(F)F)c1.